The molecule has 0 atom stereocenters. The number of aryl methyl sites for hydroxylation is 1. The van der Waals surface area contributed by atoms with Gasteiger partial charge in [-0.3, -0.25) is 0 Å². The van der Waals surface area contributed by atoms with Crippen LogP contribution in [0.2, 0.25) is 0 Å². The Labute approximate surface area is 115 Å². The van der Waals surface area contributed by atoms with Gasteiger partial charge in [-0.15, -0.1) is 0 Å². The first kappa shape index (κ1) is 14.7. The topological polar surface area (TPSA) is 43.6 Å². The second-order valence-electron chi connectivity index (χ2n) is 3.42. The number of esters is 1. The molecule has 0 saturated carbocycles. The zero-order valence-electron chi connectivity index (χ0n) is 11.0. The molecular formula is C13H17BrN2O2. The number of hydrogen-bond acceptors (Lipinski definition) is 3. The van der Waals surface area contributed by atoms with Crippen molar-refractivity contribution in [1.82, 2.24) is 9.38 Å². The Balaban J connectivity index is 0.000000771. The maximum atomic E-state index is 11.5. The van der Waals surface area contributed by atoms with Crippen LogP contribution < -0.4 is 0 Å². The second-order valence-corrected chi connectivity index (χ2v) is 4.33. The van der Waals surface area contributed by atoms with Crippen LogP contribution in [0.5, 0.6) is 0 Å². The fraction of sp³-hybridized carbons (Fsp3) is 0.385. The smallest absolute Gasteiger partial charge is 0.358 e. The number of carbonyl (C=O) groups excluding carboxylic acids is 1. The van der Waals surface area contributed by atoms with E-state index in [-0.39, 0.29) is 5.97 Å². The average Bonchev–Trinajstić information content (AvgIpc) is 2.76. The summed E-state index contributed by atoms with van der Waals surface area (Å²) in [5, 5.41) is 0. The van der Waals surface area contributed by atoms with Crippen molar-refractivity contribution in [2.75, 3.05) is 6.61 Å². The number of imidazole rings is 1. The van der Waals surface area contributed by atoms with Gasteiger partial charge in [0.15, 0.2) is 5.69 Å². The summed E-state index contributed by atoms with van der Waals surface area (Å²) in [5.41, 5.74) is 2.11. The maximum absolute atomic E-state index is 11.5. The normalized spacial score (nSPS) is 9.83. The number of ether oxygens (including phenoxy) is 1. The quantitative estimate of drug-likeness (QED) is 0.796. The van der Waals surface area contributed by atoms with Gasteiger partial charge in [-0.1, -0.05) is 13.8 Å². The molecule has 0 aromatic carbocycles. The molecule has 0 saturated heterocycles. The number of nitrogens with zero attached hydrogens (tertiary/aromatic N) is 2. The maximum Gasteiger partial charge on any atom is 0.358 e. The van der Waals surface area contributed by atoms with E-state index in [1.54, 1.807) is 13.1 Å². The van der Waals surface area contributed by atoms with Crippen LogP contribution in [-0.4, -0.2) is 22.0 Å². The lowest BCUT2D eigenvalue weighted by Gasteiger charge is -1.97. The molecule has 0 aliphatic rings. The summed E-state index contributed by atoms with van der Waals surface area (Å²) in [7, 11) is 0. The molecule has 18 heavy (non-hydrogen) atoms. The second kappa shape index (κ2) is 6.54. The highest BCUT2D eigenvalue weighted by molar-refractivity contribution is 9.10. The number of pyridine rings is 1. The summed E-state index contributed by atoms with van der Waals surface area (Å²) in [6.45, 7) is 8.08. The molecule has 98 valence electrons. The predicted molar refractivity (Wildman–Crippen MR) is 74.9 cm³/mol. The molecule has 0 radical (unpaired) electrons. The van der Waals surface area contributed by atoms with Gasteiger partial charge in [0.25, 0.3) is 0 Å². The molecule has 0 spiro atoms. The van der Waals surface area contributed by atoms with E-state index in [0.717, 1.165) is 15.7 Å². The van der Waals surface area contributed by atoms with Gasteiger partial charge in [0.1, 0.15) is 5.65 Å². The Bertz CT molecular complexity index is 549. The lowest BCUT2D eigenvalue weighted by Crippen LogP contribution is -2.04. The predicted octanol–water partition coefficient (Wildman–Crippen LogP) is 3.61. The number of carbonyl (C=O) groups is 1. The minimum absolute atomic E-state index is 0.336. The van der Waals surface area contributed by atoms with Crippen molar-refractivity contribution in [2.45, 2.75) is 27.7 Å². The highest BCUT2D eigenvalue weighted by atomic mass is 79.9. The van der Waals surface area contributed by atoms with Crippen LogP contribution in [0, 0.1) is 6.92 Å². The molecule has 4 nitrogen and oxygen atoms in total. The van der Waals surface area contributed by atoms with Gasteiger partial charge < -0.3 is 9.14 Å². The van der Waals surface area contributed by atoms with E-state index >= 15 is 0 Å². The Hall–Kier alpha value is -1.36. The zero-order chi connectivity index (χ0) is 13.7. The average molecular weight is 313 g/mol. The van der Waals surface area contributed by atoms with Crippen molar-refractivity contribution in [3.8, 4) is 0 Å². The van der Waals surface area contributed by atoms with Gasteiger partial charge in [-0.05, 0) is 41.4 Å². The summed E-state index contributed by atoms with van der Waals surface area (Å²) in [6.07, 6.45) is 3.53. The van der Waals surface area contributed by atoms with Crippen molar-refractivity contribution in [3.05, 3.63) is 34.2 Å². The van der Waals surface area contributed by atoms with E-state index in [9.17, 15) is 4.79 Å². The highest BCUT2D eigenvalue weighted by Crippen LogP contribution is 2.17. The fourth-order valence-corrected chi connectivity index (χ4v) is 2.09. The molecule has 2 aromatic rings. The standard InChI is InChI=1S/C11H11BrN2O2.C2H6/c1-3-16-11(15)9-6-14-5-8(12)4-7(2)10(14)13-9;1-2/h4-6H,3H2,1-2H3;1-2H3. The molecule has 0 aliphatic heterocycles. The molecule has 5 heteroatoms. The lowest BCUT2D eigenvalue weighted by molar-refractivity contribution is 0.0520. The third-order valence-electron chi connectivity index (χ3n) is 2.19. The molecular weight excluding hydrogens is 296 g/mol. The van der Waals surface area contributed by atoms with Gasteiger partial charge in [-0.2, -0.15) is 0 Å². The van der Waals surface area contributed by atoms with E-state index < -0.39 is 0 Å². The molecule has 0 N–H and O–H groups in total. The van der Waals surface area contributed by atoms with Crippen molar-refractivity contribution in [2.24, 2.45) is 0 Å². The van der Waals surface area contributed by atoms with Crippen molar-refractivity contribution >= 4 is 27.5 Å². The van der Waals surface area contributed by atoms with E-state index in [4.69, 9.17) is 4.74 Å². The summed E-state index contributed by atoms with van der Waals surface area (Å²) in [4.78, 5) is 15.7. The summed E-state index contributed by atoms with van der Waals surface area (Å²) < 4.78 is 7.66. The van der Waals surface area contributed by atoms with Crippen LogP contribution in [0.15, 0.2) is 22.9 Å². The third-order valence-corrected chi connectivity index (χ3v) is 2.62. The molecule has 0 unspecified atom stereocenters. The van der Waals surface area contributed by atoms with Crippen molar-refractivity contribution in [1.29, 1.82) is 0 Å². The summed E-state index contributed by atoms with van der Waals surface area (Å²) >= 11 is 3.40. The highest BCUT2D eigenvalue weighted by Gasteiger charge is 2.12. The number of fused-ring (bicyclic) bond motifs is 1. The van der Waals surface area contributed by atoms with Gasteiger partial charge >= 0.3 is 5.97 Å². The Morgan fingerprint density at radius 3 is 2.72 bits per heavy atom. The van der Waals surface area contributed by atoms with E-state index in [1.165, 1.54) is 0 Å². The van der Waals surface area contributed by atoms with Gasteiger partial charge in [-0.25, -0.2) is 9.78 Å². The Morgan fingerprint density at radius 2 is 2.11 bits per heavy atom. The first-order chi connectivity index (χ1) is 8.61. The van der Waals surface area contributed by atoms with E-state index in [1.807, 2.05) is 37.4 Å². The number of halogens is 1. The molecule has 2 heterocycles. The van der Waals surface area contributed by atoms with Gasteiger partial charge in [0.05, 0.1) is 6.61 Å². The first-order valence-electron chi connectivity index (χ1n) is 5.93. The number of hydrogen-bond donors (Lipinski definition) is 0. The van der Waals surface area contributed by atoms with Crippen molar-refractivity contribution in [3.63, 3.8) is 0 Å². The van der Waals surface area contributed by atoms with Crippen LogP contribution in [-0.2, 0) is 4.74 Å². The molecule has 0 amide bonds. The lowest BCUT2D eigenvalue weighted by atomic mass is 10.3. The van der Waals surface area contributed by atoms with Crippen molar-refractivity contribution < 1.29 is 9.53 Å². The first-order valence-corrected chi connectivity index (χ1v) is 6.73. The van der Waals surface area contributed by atoms with E-state index in [2.05, 4.69) is 20.9 Å². The van der Waals surface area contributed by atoms with Crippen LogP contribution in [0.1, 0.15) is 36.8 Å². The summed E-state index contributed by atoms with van der Waals surface area (Å²) in [6, 6.07) is 1.96. The van der Waals surface area contributed by atoms with Crippen LogP contribution in [0.25, 0.3) is 5.65 Å². The molecule has 2 rings (SSSR count). The molecule has 2 aromatic heterocycles. The number of aromatic nitrogens is 2. The molecule has 0 fully saturated rings. The number of rotatable bonds is 2. The van der Waals surface area contributed by atoms with Crippen LogP contribution in [0.3, 0.4) is 0 Å². The largest absolute Gasteiger partial charge is 0.461 e. The summed E-state index contributed by atoms with van der Waals surface area (Å²) in [5.74, 6) is -0.387. The monoisotopic (exact) mass is 312 g/mol. The third kappa shape index (κ3) is 3.10. The van der Waals surface area contributed by atoms with Gasteiger partial charge in [0.2, 0.25) is 0 Å². The fourth-order valence-electron chi connectivity index (χ4n) is 1.53. The Kier molecular flexibility index (Phi) is 5.34. The molecule has 0 bridgehead atoms. The van der Waals surface area contributed by atoms with E-state index in [0.29, 0.717) is 12.3 Å². The molecule has 0 aliphatic carbocycles. The van der Waals surface area contributed by atoms with Crippen LogP contribution >= 0.6 is 15.9 Å². The SMILES string of the molecule is CC.CCOC(=O)c1cn2cc(Br)cc(C)c2n1. The zero-order valence-corrected chi connectivity index (χ0v) is 12.6. The Morgan fingerprint density at radius 1 is 1.44 bits per heavy atom. The van der Waals surface area contributed by atoms with Gasteiger partial charge in [0, 0.05) is 16.9 Å². The minimum atomic E-state index is -0.387. The minimum Gasteiger partial charge on any atom is -0.461 e. The van der Waals surface area contributed by atoms with Crippen LogP contribution in [0.4, 0.5) is 0 Å².